The second-order valence-corrected chi connectivity index (χ2v) is 7.54. The Kier molecular flexibility index (Phi) is 3.79. The first kappa shape index (κ1) is 15.9. The van der Waals surface area contributed by atoms with E-state index < -0.39 is 0 Å². The lowest BCUT2D eigenvalue weighted by molar-refractivity contribution is -0.0624. The maximum absolute atomic E-state index is 10.2. The fraction of sp³-hybridized carbons (Fsp3) is 0.769. The van der Waals surface area contributed by atoms with Crippen LogP contribution in [0.5, 0.6) is 0 Å². The van der Waals surface area contributed by atoms with E-state index in [2.05, 4.69) is 49.7 Å². The minimum absolute atomic E-state index is 0.0945. The molecule has 1 aromatic rings. The third-order valence-electron chi connectivity index (χ3n) is 4.86. The molecule has 0 spiro atoms. The van der Waals surface area contributed by atoms with Gasteiger partial charge in [0.25, 0.3) is 0 Å². The van der Waals surface area contributed by atoms with E-state index in [1.165, 1.54) is 0 Å². The molecular formula is C13H21Cl2N4O+. The number of aromatic nitrogens is 3. The molecule has 20 heavy (non-hydrogen) atoms. The SMILES string of the molecule is CC1(C)CC(O)CC(C)(C)[N+]1(C)c1nc(Cl)nc(Cl)n1. The van der Waals surface area contributed by atoms with E-state index in [1.807, 2.05) is 0 Å². The monoisotopic (exact) mass is 319 g/mol. The first-order chi connectivity index (χ1) is 8.99. The maximum Gasteiger partial charge on any atom is 0.335 e. The van der Waals surface area contributed by atoms with Crippen molar-refractivity contribution >= 4 is 29.2 Å². The van der Waals surface area contributed by atoms with Gasteiger partial charge in [0, 0.05) is 12.8 Å². The van der Waals surface area contributed by atoms with E-state index in [0.29, 0.717) is 23.3 Å². The van der Waals surface area contributed by atoms with Crippen LogP contribution in [0, 0.1) is 0 Å². The van der Waals surface area contributed by atoms with Crippen molar-refractivity contribution in [2.45, 2.75) is 57.7 Å². The quantitative estimate of drug-likeness (QED) is 0.809. The number of hydrogen-bond acceptors (Lipinski definition) is 4. The maximum atomic E-state index is 10.2. The minimum atomic E-state index is -0.334. The van der Waals surface area contributed by atoms with Gasteiger partial charge in [0.15, 0.2) is 0 Å². The molecule has 0 amide bonds. The largest absolute Gasteiger partial charge is 0.393 e. The molecule has 0 unspecified atom stereocenters. The first-order valence-electron chi connectivity index (χ1n) is 6.62. The molecule has 0 bridgehead atoms. The van der Waals surface area contributed by atoms with Crippen LogP contribution in [0.1, 0.15) is 40.5 Å². The molecule has 1 saturated heterocycles. The summed E-state index contributed by atoms with van der Waals surface area (Å²) in [4.78, 5) is 12.4. The van der Waals surface area contributed by atoms with Crippen LogP contribution in [-0.2, 0) is 0 Å². The topological polar surface area (TPSA) is 58.9 Å². The van der Waals surface area contributed by atoms with Crippen LogP contribution in [0.2, 0.25) is 10.6 Å². The van der Waals surface area contributed by atoms with Crippen LogP contribution in [0.3, 0.4) is 0 Å². The molecule has 0 atom stereocenters. The number of rotatable bonds is 1. The van der Waals surface area contributed by atoms with Crippen molar-refractivity contribution in [2.24, 2.45) is 0 Å². The number of hydrogen-bond donors (Lipinski definition) is 1. The van der Waals surface area contributed by atoms with Crippen molar-refractivity contribution in [3.63, 3.8) is 0 Å². The van der Waals surface area contributed by atoms with Gasteiger partial charge in [-0.1, -0.05) is 0 Å². The average Bonchev–Trinajstić information content (AvgIpc) is 2.22. The summed E-state index contributed by atoms with van der Waals surface area (Å²) < 4.78 is 0.443. The van der Waals surface area contributed by atoms with Gasteiger partial charge in [-0.15, -0.1) is 9.97 Å². The Labute approximate surface area is 129 Å². The third kappa shape index (κ3) is 2.30. The summed E-state index contributed by atoms with van der Waals surface area (Å²) in [6, 6.07) is 0. The standard InChI is InChI=1S/C13H21Cl2N4O/c1-12(2)6-8(20)7-13(3,4)19(12,5)11-17-9(14)16-10(15)18-11/h8,20H,6-7H2,1-5H3/q+1. The molecule has 0 aliphatic carbocycles. The first-order valence-corrected chi connectivity index (χ1v) is 7.38. The fourth-order valence-corrected chi connectivity index (χ4v) is 3.82. The molecule has 1 fully saturated rings. The molecule has 0 aromatic carbocycles. The number of nitrogens with zero attached hydrogens (tertiary/aromatic N) is 4. The summed E-state index contributed by atoms with van der Waals surface area (Å²) in [5.41, 5.74) is -0.510. The molecule has 1 aliphatic rings. The van der Waals surface area contributed by atoms with Crippen molar-refractivity contribution in [1.29, 1.82) is 0 Å². The van der Waals surface area contributed by atoms with Gasteiger partial charge >= 0.3 is 5.95 Å². The number of quaternary nitrogens is 1. The highest BCUT2D eigenvalue weighted by Gasteiger charge is 2.59. The molecule has 2 heterocycles. The highest BCUT2D eigenvalue weighted by atomic mass is 35.5. The zero-order valence-corrected chi connectivity index (χ0v) is 14.0. The van der Waals surface area contributed by atoms with E-state index in [9.17, 15) is 5.11 Å². The van der Waals surface area contributed by atoms with Gasteiger partial charge < -0.3 is 5.11 Å². The Morgan fingerprint density at radius 3 is 1.80 bits per heavy atom. The molecule has 1 N–H and O–H groups in total. The Morgan fingerprint density at radius 2 is 1.40 bits per heavy atom. The molecule has 1 aliphatic heterocycles. The van der Waals surface area contributed by atoms with Gasteiger partial charge in [0.05, 0.1) is 13.2 Å². The van der Waals surface area contributed by atoms with Crippen LogP contribution < -0.4 is 4.48 Å². The molecule has 2 rings (SSSR count). The molecule has 1 aromatic heterocycles. The lowest BCUT2D eigenvalue weighted by atomic mass is 9.75. The number of aliphatic hydroxyl groups is 1. The number of aliphatic hydroxyl groups excluding tert-OH is 1. The molecular weight excluding hydrogens is 299 g/mol. The summed E-state index contributed by atoms with van der Waals surface area (Å²) in [5.74, 6) is 0.539. The zero-order valence-electron chi connectivity index (χ0n) is 12.5. The number of likely N-dealkylation sites (tertiary alicyclic amines) is 1. The Morgan fingerprint density at radius 1 is 1.00 bits per heavy atom. The van der Waals surface area contributed by atoms with Crippen molar-refractivity contribution in [2.75, 3.05) is 7.05 Å². The summed E-state index contributed by atoms with van der Waals surface area (Å²) in [7, 11) is 2.06. The molecule has 0 saturated carbocycles. The smallest absolute Gasteiger partial charge is 0.335 e. The molecule has 7 heteroatoms. The zero-order chi connectivity index (χ0) is 15.3. The normalized spacial score (nSPS) is 32.1. The summed E-state index contributed by atoms with van der Waals surface area (Å²) in [5, 5.41) is 10.3. The third-order valence-corrected chi connectivity index (χ3v) is 5.20. The Bertz CT molecular complexity index is 495. The second-order valence-electron chi connectivity index (χ2n) is 6.87. The fourth-order valence-electron chi connectivity index (χ4n) is 3.47. The van der Waals surface area contributed by atoms with E-state index in [4.69, 9.17) is 23.2 Å². The van der Waals surface area contributed by atoms with Gasteiger partial charge in [0.1, 0.15) is 11.1 Å². The summed E-state index contributed by atoms with van der Waals surface area (Å²) in [6.45, 7) is 8.40. The van der Waals surface area contributed by atoms with E-state index in [0.717, 1.165) is 0 Å². The van der Waals surface area contributed by atoms with Crippen molar-refractivity contribution in [1.82, 2.24) is 19.4 Å². The van der Waals surface area contributed by atoms with Crippen molar-refractivity contribution < 1.29 is 5.11 Å². The molecule has 112 valence electrons. The Hall–Kier alpha value is -0.490. The predicted molar refractivity (Wildman–Crippen MR) is 81.0 cm³/mol. The van der Waals surface area contributed by atoms with Gasteiger partial charge in [-0.05, 0) is 50.9 Å². The van der Waals surface area contributed by atoms with Crippen LogP contribution in [0.4, 0.5) is 5.95 Å². The van der Waals surface area contributed by atoms with Crippen LogP contribution in [-0.4, -0.2) is 44.3 Å². The van der Waals surface area contributed by atoms with E-state index >= 15 is 0 Å². The summed E-state index contributed by atoms with van der Waals surface area (Å²) >= 11 is 11.9. The van der Waals surface area contributed by atoms with Gasteiger partial charge in [-0.2, -0.15) is 4.98 Å². The lowest BCUT2D eigenvalue weighted by Gasteiger charge is -2.58. The van der Waals surface area contributed by atoms with Crippen molar-refractivity contribution in [3.05, 3.63) is 10.6 Å². The summed E-state index contributed by atoms with van der Waals surface area (Å²) in [6.07, 6.45) is 0.987. The molecule has 5 nitrogen and oxygen atoms in total. The van der Waals surface area contributed by atoms with Gasteiger partial charge in [0.2, 0.25) is 10.6 Å². The van der Waals surface area contributed by atoms with Crippen LogP contribution in [0.15, 0.2) is 0 Å². The Balaban J connectivity index is 2.65. The predicted octanol–water partition coefficient (Wildman–Crippen LogP) is 2.83. The van der Waals surface area contributed by atoms with Crippen LogP contribution in [0.25, 0.3) is 0 Å². The lowest BCUT2D eigenvalue weighted by Crippen LogP contribution is -2.75. The average molecular weight is 320 g/mol. The second kappa shape index (κ2) is 4.77. The van der Waals surface area contributed by atoms with E-state index in [1.54, 1.807) is 0 Å². The van der Waals surface area contributed by atoms with Gasteiger partial charge in [-0.25, -0.2) is 0 Å². The minimum Gasteiger partial charge on any atom is -0.393 e. The van der Waals surface area contributed by atoms with E-state index in [-0.39, 0.29) is 27.7 Å². The molecule has 0 radical (unpaired) electrons. The highest BCUT2D eigenvalue weighted by Crippen LogP contribution is 2.46. The number of halogens is 2. The number of piperidine rings is 1. The van der Waals surface area contributed by atoms with Crippen molar-refractivity contribution in [3.8, 4) is 0 Å². The highest BCUT2D eigenvalue weighted by molar-refractivity contribution is 6.31. The van der Waals surface area contributed by atoms with Crippen LogP contribution >= 0.6 is 23.2 Å². The van der Waals surface area contributed by atoms with Gasteiger partial charge in [-0.3, -0.25) is 4.48 Å².